The van der Waals surface area contributed by atoms with Gasteiger partial charge >= 0.3 is 0 Å². The van der Waals surface area contributed by atoms with Gasteiger partial charge in [0.25, 0.3) is 0 Å². The molecule has 122 valence electrons. The van der Waals surface area contributed by atoms with E-state index >= 15 is 0 Å². The van der Waals surface area contributed by atoms with Crippen molar-refractivity contribution < 1.29 is 0 Å². The number of fused-ring (bicyclic) bond motifs is 1. The van der Waals surface area contributed by atoms with Crippen LogP contribution >= 0.6 is 0 Å². The van der Waals surface area contributed by atoms with E-state index < -0.39 is 0 Å². The summed E-state index contributed by atoms with van der Waals surface area (Å²) in [7, 11) is 0. The van der Waals surface area contributed by atoms with Crippen LogP contribution in [-0.2, 0) is 0 Å². The molecular weight excluding hydrogens is 316 g/mol. The highest BCUT2D eigenvalue weighted by Crippen LogP contribution is 2.29. The number of nitrogen functional groups attached to an aromatic ring is 1. The Hall–Kier alpha value is -3.78. The van der Waals surface area contributed by atoms with Gasteiger partial charge in [-0.1, -0.05) is 0 Å². The number of nitrogens with zero attached hydrogens (tertiary/aromatic N) is 5. The molecule has 1 aromatic carbocycles. The zero-order chi connectivity index (χ0) is 17.4. The molecule has 2 heterocycles. The number of nitrogens with two attached hydrogens (primary N) is 1. The van der Waals surface area contributed by atoms with E-state index in [1.54, 1.807) is 18.2 Å². The topological polar surface area (TPSA) is 128 Å². The van der Waals surface area contributed by atoms with Crippen LogP contribution in [0.1, 0.15) is 24.1 Å². The van der Waals surface area contributed by atoms with Crippen molar-refractivity contribution >= 4 is 28.5 Å². The van der Waals surface area contributed by atoms with Crippen LogP contribution in [-0.4, -0.2) is 20.6 Å². The number of imidazole rings is 1. The number of nitrogens with one attached hydrogen (secondary N) is 2. The van der Waals surface area contributed by atoms with E-state index in [-0.39, 0.29) is 0 Å². The summed E-state index contributed by atoms with van der Waals surface area (Å²) in [6, 6.07) is 11.4. The van der Waals surface area contributed by atoms with Crippen LogP contribution in [0.2, 0.25) is 0 Å². The molecule has 4 N–H and O–H groups in total. The van der Waals surface area contributed by atoms with Crippen LogP contribution < -0.4 is 16.4 Å². The molecule has 0 atom stereocenters. The minimum Gasteiger partial charge on any atom is -0.399 e. The second kappa shape index (κ2) is 5.69. The maximum Gasteiger partial charge on any atom is 0.178 e. The molecule has 0 amide bonds. The highest BCUT2D eigenvalue weighted by atomic mass is 15.3. The molecule has 1 aliphatic rings. The van der Waals surface area contributed by atoms with Crippen molar-refractivity contribution in [1.29, 1.82) is 10.5 Å². The monoisotopic (exact) mass is 330 g/mol. The third kappa shape index (κ3) is 2.89. The molecule has 8 heteroatoms. The van der Waals surface area contributed by atoms with Gasteiger partial charge in [0, 0.05) is 23.5 Å². The van der Waals surface area contributed by atoms with E-state index in [9.17, 15) is 5.26 Å². The first kappa shape index (κ1) is 14.8. The SMILES string of the molecule is N#Cc1cc(N)cc(Nc2cc(NC3CC3)c3ncc(C#N)n3n2)c1. The Bertz CT molecular complexity index is 1050. The van der Waals surface area contributed by atoms with Gasteiger partial charge in [-0.3, -0.25) is 0 Å². The Morgan fingerprint density at radius 2 is 2.00 bits per heavy atom. The van der Waals surface area contributed by atoms with E-state index in [1.807, 2.05) is 6.07 Å². The van der Waals surface area contributed by atoms with E-state index in [4.69, 9.17) is 11.0 Å². The maximum absolute atomic E-state index is 9.25. The molecule has 0 bridgehead atoms. The van der Waals surface area contributed by atoms with Crippen molar-refractivity contribution in [3.63, 3.8) is 0 Å². The second-order valence-electron chi connectivity index (χ2n) is 5.93. The molecule has 0 saturated heterocycles. The number of benzene rings is 1. The lowest BCUT2D eigenvalue weighted by Gasteiger charge is -2.11. The van der Waals surface area contributed by atoms with Gasteiger partial charge in [-0.25, -0.2) is 4.98 Å². The zero-order valence-electron chi connectivity index (χ0n) is 13.2. The van der Waals surface area contributed by atoms with E-state index in [2.05, 4.69) is 32.9 Å². The Labute approximate surface area is 143 Å². The van der Waals surface area contributed by atoms with Crippen LogP contribution in [0.3, 0.4) is 0 Å². The van der Waals surface area contributed by atoms with Gasteiger partial charge in [0.1, 0.15) is 6.07 Å². The van der Waals surface area contributed by atoms with Crippen molar-refractivity contribution in [3.05, 3.63) is 41.7 Å². The van der Waals surface area contributed by atoms with Crippen LogP contribution in [0, 0.1) is 22.7 Å². The molecular formula is C17H14N8. The first-order valence-electron chi connectivity index (χ1n) is 7.79. The summed E-state index contributed by atoms with van der Waals surface area (Å²) in [5.74, 6) is 0.527. The number of rotatable bonds is 4. The average Bonchev–Trinajstić information content (AvgIpc) is 3.31. The first-order chi connectivity index (χ1) is 12.2. The predicted octanol–water partition coefficient (Wildman–Crippen LogP) is 2.37. The van der Waals surface area contributed by atoms with Crippen molar-refractivity contribution in [2.45, 2.75) is 18.9 Å². The van der Waals surface area contributed by atoms with Crippen molar-refractivity contribution in [2.75, 3.05) is 16.4 Å². The Kier molecular flexibility index (Phi) is 3.37. The molecule has 1 aliphatic carbocycles. The number of hydrogen-bond acceptors (Lipinski definition) is 7. The molecule has 1 saturated carbocycles. The van der Waals surface area contributed by atoms with Crippen molar-refractivity contribution in [1.82, 2.24) is 14.6 Å². The Balaban J connectivity index is 1.77. The average molecular weight is 330 g/mol. The highest BCUT2D eigenvalue weighted by Gasteiger charge is 2.23. The number of nitriles is 2. The summed E-state index contributed by atoms with van der Waals surface area (Å²) in [6.07, 6.45) is 3.73. The maximum atomic E-state index is 9.25. The normalized spacial score (nSPS) is 13.2. The largest absolute Gasteiger partial charge is 0.399 e. The van der Waals surface area contributed by atoms with E-state index in [0.717, 1.165) is 18.5 Å². The fourth-order valence-corrected chi connectivity index (χ4v) is 2.60. The van der Waals surface area contributed by atoms with Crippen molar-refractivity contribution in [3.8, 4) is 12.1 Å². The number of aromatic nitrogens is 3. The third-order valence-electron chi connectivity index (χ3n) is 3.88. The molecule has 1 fully saturated rings. The molecule has 0 unspecified atom stereocenters. The van der Waals surface area contributed by atoms with Gasteiger partial charge in [0.05, 0.1) is 23.5 Å². The van der Waals surface area contributed by atoms with E-state index in [1.165, 1.54) is 10.7 Å². The first-order valence-corrected chi connectivity index (χ1v) is 7.79. The molecule has 0 spiro atoms. The van der Waals surface area contributed by atoms with Gasteiger partial charge in [-0.15, -0.1) is 5.10 Å². The minimum atomic E-state index is 0.350. The quantitative estimate of drug-likeness (QED) is 0.626. The fraction of sp³-hybridized carbons (Fsp3) is 0.176. The van der Waals surface area contributed by atoms with Gasteiger partial charge in [-0.2, -0.15) is 15.0 Å². The second-order valence-corrected chi connectivity index (χ2v) is 5.93. The lowest BCUT2D eigenvalue weighted by molar-refractivity contribution is 0.924. The van der Waals surface area contributed by atoms with E-state index in [0.29, 0.717) is 40.1 Å². The minimum absolute atomic E-state index is 0.350. The molecule has 4 rings (SSSR count). The van der Waals surface area contributed by atoms with Crippen LogP contribution in [0.4, 0.5) is 22.9 Å². The summed E-state index contributed by atoms with van der Waals surface area (Å²) in [6.45, 7) is 0. The standard InChI is InChI=1S/C17H14N8/c18-7-10-3-11(20)5-13(4-10)23-16-6-15(22-12-1-2-12)17-21-9-14(8-19)25(17)24-16/h3-6,9,12,22H,1-2,20H2,(H,23,24). The van der Waals surface area contributed by atoms with Crippen LogP contribution in [0.5, 0.6) is 0 Å². The molecule has 3 aromatic rings. The van der Waals surface area contributed by atoms with Gasteiger partial charge in [0.2, 0.25) is 0 Å². The smallest absolute Gasteiger partial charge is 0.178 e. The highest BCUT2D eigenvalue weighted by molar-refractivity contribution is 5.74. The summed E-state index contributed by atoms with van der Waals surface area (Å²) in [5.41, 5.74) is 9.20. The summed E-state index contributed by atoms with van der Waals surface area (Å²) in [5, 5.41) is 29.3. The number of hydrogen-bond donors (Lipinski definition) is 3. The Morgan fingerprint density at radius 3 is 2.72 bits per heavy atom. The Morgan fingerprint density at radius 1 is 1.16 bits per heavy atom. The van der Waals surface area contributed by atoms with Crippen molar-refractivity contribution in [2.24, 2.45) is 0 Å². The molecule has 2 aromatic heterocycles. The van der Waals surface area contributed by atoms with Gasteiger partial charge in [0.15, 0.2) is 17.2 Å². The number of anilines is 4. The summed E-state index contributed by atoms with van der Waals surface area (Å²) in [4.78, 5) is 4.28. The lowest BCUT2D eigenvalue weighted by atomic mass is 10.2. The summed E-state index contributed by atoms with van der Waals surface area (Å²) >= 11 is 0. The van der Waals surface area contributed by atoms with Gasteiger partial charge < -0.3 is 16.4 Å². The lowest BCUT2D eigenvalue weighted by Crippen LogP contribution is -2.08. The van der Waals surface area contributed by atoms with Crippen LogP contribution in [0.15, 0.2) is 30.5 Å². The predicted molar refractivity (Wildman–Crippen MR) is 93.2 cm³/mol. The van der Waals surface area contributed by atoms with Crippen LogP contribution in [0.25, 0.3) is 5.65 Å². The van der Waals surface area contributed by atoms with Gasteiger partial charge in [-0.05, 0) is 31.0 Å². The molecule has 8 nitrogen and oxygen atoms in total. The summed E-state index contributed by atoms with van der Waals surface area (Å²) < 4.78 is 1.50. The molecule has 25 heavy (non-hydrogen) atoms. The molecule has 0 aliphatic heterocycles. The third-order valence-corrected chi connectivity index (χ3v) is 3.88. The molecule has 0 radical (unpaired) electrons. The fourth-order valence-electron chi connectivity index (χ4n) is 2.60. The zero-order valence-corrected chi connectivity index (χ0v) is 13.2.